The summed E-state index contributed by atoms with van der Waals surface area (Å²) in [6, 6.07) is 7.07. The van der Waals surface area contributed by atoms with Crippen LogP contribution >= 0.6 is 0 Å². The fourth-order valence-electron chi connectivity index (χ4n) is 1.54. The largest absolute Gasteiger partial charge is 0.423 e. The highest BCUT2D eigenvalue weighted by Gasteiger charge is 2.02. The lowest BCUT2D eigenvalue weighted by Gasteiger charge is -2.00. The van der Waals surface area contributed by atoms with Crippen molar-refractivity contribution in [1.82, 2.24) is 0 Å². The molecule has 2 rings (SSSR count). The average Bonchev–Trinajstić information content (AvgIpc) is 2.17. The minimum absolute atomic E-state index is 0.322. The molecule has 0 fully saturated rings. The first-order chi connectivity index (χ1) is 7.20. The van der Waals surface area contributed by atoms with Gasteiger partial charge in [-0.25, -0.2) is 4.79 Å². The van der Waals surface area contributed by atoms with E-state index < -0.39 is 0 Å². The Morgan fingerprint density at radius 3 is 2.87 bits per heavy atom. The lowest BCUT2D eigenvalue weighted by Crippen LogP contribution is -1.97. The second-order valence-electron chi connectivity index (χ2n) is 3.32. The molecule has 0 atom stereocenters. The van der Waals surface area contributed by atoms with E-state index in [4.69, 9.17) is 4.42 Å². The van der Waals surface area contributed by atoms with Gasteiger partial charge in [-0.3, -0.25) is 4.99 Å². The van der Waals surface area contributed by atoms with Crippen LogP contribution in [0.3, 0.4) is 0 Å². The molecule has 2 aromatic rings. The summed E-state index contributed by atoms with van der Waals surface area (Å²) in [4.78, 5) is 15.3. The van der Waals surface area contributed by atoms with E-state index in [2.05, 4.69) is 4.99 Å². The number of aliphatic imine (C=N–C) groups is 1. The first kappa shape index (κ1) is 9.65. The molecule has 3 heteroatoms. The normalized spacial score (nSPS) is 11.3. The van der Waals surface area contributed by atoms with Crippen LogP contribution in [0.2, 0.25) is 0 Å². The number of fused-ring (bicyclic) bond motifs is 1. The third-order valence-electron chi connectivity index (χ3n) is 2.21. The molecule has 0 saturated carbocycles. The molecular formula is C12H11NO2. The van der Waals surface area contributed by atoms with Crippen LogP contribution in [0, 0.1) is 6.92 Å². The van der Waals surface area contributed by atoms with Crippen molar-refractivity contribution in [2.45, 2.75) is 13.8 Å². The maximum Gasteiger partial charge on any atom is 0.336 e. The predicted molar refractivity (Wildman–Crippen MR) is 61.0 cm³/mol. The first-order valence-electron chi connectivity index (χ1n) is 4.74. The Bertz CT molecular complexity index is 582. The van der Waals surface area contributed by atoms with Gasteiger partial charge >= 0.3 is 5.63 Å². The molecule has 0 unspecified atom stereocenters. The molecule has 76 valence electrons. The van der Waals surface area contributed by atoms with E-state index in [1.165, 1.54) is 6.07 Å². The van der Waals surface area contributed by atoms with Gasteiger partial charge in [-0.1, -0.05) is 0 Å². The van der Waals surface area contributed by atoms with Gasteiger partial charge in [0.25, 0.3) is 0 Å². The Hall–Kier alpha value is -1.90. The van der Waals surface area contributed by atoms with Crippen LogP contribution in [0.5, 0.6) is 0 Å². The smallest absolute Gasteiger partial charge is 0.336 e. The van der Waals surface area contributed by atoms with Crippen LogP contribution in [0.25, 0.3) is 11.0 Å². The summed E-state index contributed by atoms with van der Waals surface area (Å²) in [5.74, 6) is 0. The van der Waals surface area contributed by atoms with Crippen molar-refractivity contribution in [3.05, 3.63) is 40.2 Å². The highest BCUT2D eigenvalue weighted by atomic mass is 16.4. The van der Waals surface area contributed by atoms with Crippen molar-refractivity contribution in [2.24, 2.45) is 4.99 Å². The lowest BCUT2D eigenvalue weighted by atomic mass is 10.1. The van der Waals surface area contributed by atoms with Gasteiger partial charge < -0.3 is 4.42 Å². The van der Waals surface area contributed by atoms with Gasteiger partial charge in [0.1, 0.15) is 5.58 Å². The van der Waals surface area contributed by atoms with E-state index in [0.717, 1.165) is 16.6 Å². The number of hydrogen-bond acceptors (Lipinski definition) is 3. The SMILES string of the molecule is CC=Nc1ccc2c(C)cc(=O)oc2c1. The predicted octanol–water partition coefficient (Wildman–Crippen LogP) is 2.82. The number of hydrogen-bond donors (Lipinski definition) is 0. The lowest BCUT2D eigenvalue weighted by molar-refractivity contribution is 0.560. The summed E-state index contributed by atoms with van der Waals surface area (Å²) < 4.78 is 5.10. The molecule has 0 aliphatic heterocycles. The highest BCUT2D eigenvalue weighted by molar-refractivity contribution is 5.83. The molecule has 0 radical (unpaired) electrons. The number of rotatable bonds is 1. The minimum atomic E-state index is -0.322. The van der Waals surface area contributed by atoms with Crippen molar-refractivity contribution in [3.8, 4) is 0 Å². The third kappa shape index (κ3) is 1.81. The van der Waals surface area contributed by atoms with Gasteiger partial charge in [-0.15, -0.1) is 0 Å². The molecule has 0 bridgehead atoms. The molecule has 3 nitrogen and oxygen atoms in total. The number of nitrogens with zero attached hydrogens (tertiary/aromatic N) is 1. The van der Waals surface area contributed by atoms with E-state index in [1.807, 2.05) is 26.0 Å². The van der Waals surface area contributed by atoms with Crippen molar-refractivity contribution in [2.75, 3.05) is 0 Å². The van der Waals surface area contributed by atoms with Crippen molar-refractivity contribution in [1.29, 1.82) is 0 Å². The van der Waals surface area contributed by atoms with Crippen LogP contribution in [0.15, 0.2) is 38.5 Å². The minimum Gasteiger partial charge on any atom is -0.423 e. The number of aryl methyl sites for hydroxylation is 1. The first-order valence-corrected chi connectivity index (χ1v) is 4.74. The Morgan fingerprint density at radius 1 is 1.33 bits per heavy atom. The summed E-state index contributed by atoms with van der Waals surface area (Å²) in [5.41, 5.74) is 1.98. The fourth-order valence-corrected chi connectivity index (χ4v) is 1.54. The molecule has 0 aliphatic rings. The zero-order valence-corrected chi connectivity index (χ0v) is 8.65. The Kier molecular flexibility index (Phi) is 2.37. The van der Waals surface area contributed by atoms with Crippen LogP contribution < -0.4 is 5.63 Å². The Morgan fingerprint density at radius 2 is 2.13 bits per heavy atom. The van der Waals surface area contributed by atoms with Gasteiger partial charge in [0, 0.05) is 23.7 Å². The van der Waals surface area contributed by atoms with E-state index in [9.17, 15) is 4.79 Å². The van der Waals surface area contributed by atoms with Crippen LogP contribution in [-0.4, -0.2) is 6.21 Å². The van der Waals surface area contributed by atoms with E-state index >= 15 is 0 Å². The van der Waals surface area contributed by atoms with Crippen molar-refractivity contribution >= 4 is 22.9 Å². The molecule has 0 spiro atoms. The zero-order chi connectivity index (χ0) is 10.8. The zero-order valence-electron chi connectivity index (χ0n) is 8.65. The summed E-state index contributed by atoms with van der Waals surface area (Å²) in [7, 11) is 0. The van der Waals surface area contributed by atoms with Crippen molar-refractivity contribution in [3.63, 3.8) is 0 Å². The van der Waals surface area contributed by atoms with Gasteiger partial charge in [-0.2, -0.15) is 0 Å². The van der Waals surface area contributed by atoms with E-state index in [-0.39, 0.29) is 5.63 Å². The fraction of sp³-hybridized carbons (Fsp3) is 0.167. The summed E-state index contributed by atoms with van der Waals surface area (Å²) in [6.07, 6.45) is 1.70. The number of benzene rings is 1. The molecule has 15 heavy (non-hydrogen) atoms. The quantitative estimate of drug-likeness (QED) is 0.526. The highest BCUT2D eigenvalue weighted by Crippen LogP contribution is 2.22. The Labute approximate surface area is 87.1 Å². The second-order valence-corrected chi connectivity index (χ2v) is 3.32. The van der Waals surface area contributed by atoms with Crippen LogP contribution in [0.1, 0.15) is 12.5 Å². The average molecular weight is 201 g/mol. The maximum atomic E-state index is 11.2. The maximum absolute atomic E-state index is 11.2. The molecule has 0 amide bonds. The van der Waals surface area contributed by atoms with Crippen LogP contribution in [-0.2, 0) is 0 Å². The molecule has 0 aliphatic carbocycles. The van der Waals surface area contributed by atoms with Crippen LogP contribution in [0.4, 0.5) is 5.69 Å². The van der Waals surface area contributed by atoms with Crippen molar-refractivity contribution < 1.29 is 4.42 Å². The molecule has 1 aromatic carbocycles. The molecule has 1 aromatic heterocycles. The van der Waals surface area contributed by atoms with Gasteiger partial charge in [0.2, 0.25) is 0 Å². The second kappa shape index (κ2) is 3.69. The van der Waals surface area contributed by atoms with Gasteiger partial charge in [-0.05, 0) is 31.5 Å². The topological polar surface area (TPSA) is 42.6 Å². The van der Waals surface area contributed by atoms with E-state index in [1.54, 1.807) is 12.3 Å². The van der Waals surface area contributed by atoms with Gasteiger partial charge in [0.15, 0.2) is 0 Å². The molecule has 1 heterocycles. The standard InChI is InChI=1S/C12H11NO2/c1-3-13-9-4-5-10-8(2)6-12(14)15-11(10)7-9/h3-7H,1-2H3. The molecular weight excluding hydrogens is 190 g/mol. The van der Waals surface area contributed by atoms with Gasteiger partial charge in [0.05, 0.1) is 5.69 Å². The summed E-state index contributed by atoms with van der Waals surface area (Å²) in [6.45, 7) is 3.73. The van der Waals surface area contributed by atoms with E-state index in [0.29, 0.717) is 5.58 Å². The summed E-state index contributed by atoms with van der Waals surface area (Å²) >= 11 is 0. The third-order valence-corrected chi connectivity index (χ3v) is 2.21. The summed E-state index contributed by atoms with van der Waals surface area (Å²) in [5, 5.41) is 0.949. The monoisotopic (exact) mass is 201 g/mol. The molecule has 0 N–H and O–H groups in total. The Balaban J connectivity index is 2.76. The molecule has 0 saturated heterocycles.